The van der Waals surface area contributed by atoms with Crippen molar-refractivity contribution >= 4 is 29.6 Å². The van der Waals surface area contributed by atoms with Crippen LogP contribution in [-0.4, -0.2) is 39.9 Å². The fourth-order valence-electron chi connectivity index (χ4n) is 1.35. The number of thioether (sulfide) groups is 1. The van der Waals surface area contributed by atoms with Crippen molar-refractivity contribution in [1.82, 2.24) is 5.32 Å². The molecule has 21 heavy (non-hydrogen) atoms. The van der Waals surface area contributed by atoms with Crippen LogP contribution in [0, 0.1) is 11.6 Å². The molecule has 1 aromatic carbocycles. The van der Waals surface area contributed by atoms with Crippen molar-refractivity contribution in [1.29, 1.82) is 0 Å². The first-order valence-electron chi connectivity index (χ1n) is 5.61. The van der Waals surface area contributed by atoms with Gasteiger partial charge < -0.3 is 15.5 Å². The molecule has 0 aliphatic rings. The van der Waals surface area contributed by atoms with Crippen LogP contribution >= 0.6 is 11.8 Å². The second kappa shape index (κ2) is 7.58. The number of hydrogen-bond acceptors (Lipinski definition) is 4. The number of aliphatic carboxylic acids is 2. The van der Waals surface area contributed by atoms with Gasteiger partial charge in [0.1, 0.15) is 17.7 Å². The molecule has 1 aromatic rings. The molecule has 114 valence electrons. The minimum absolute atomic E-state index is 0.0247. The number of carbonyl (C=O) groups excluding carboxylic acids is 1. The Hall–Kier alpha value is -2.16. The van der Waals surface area contributed by atoms with E-state index < -0.39 is 41.9 Å². The lowest BCUT2D eigenvalue weighted by molar-refractivity contribution is -0.147. The van der Waals surface area contributed by atoms with Gasteiger partial charge in [0.2, 0.25) is 5.91 Å². The van der Waals surface area contributed by atoms with E-state index in [0.717, 1.165) is 23.9 Å². The summed E-state index contributed by atoms with van der Waals surface area (Å²) in [5.74, 6) is -5.55. The third-order valence-corrected chi connectivity index (χ3v) is 3.31. The van der Waals surface area contributed by atoms with Crippen LogP contribution in [0.2, 0.25) is 0 Å². The Morgan fingerprint density at radius 2 is 1.90 bits per heavy atom. The van der Waals surface area contributed by atoms with E-state index in [1.807, 2.05) is 5.32 Å². The van der Waals surface area contributed by atoms with E-state index >= 15 is 0 Å². The molecule has 0 saturated carbocycles. The summed E-state index contributed by atoms with van der Waals surface area (Å²) in [6.45, 7) is 0. The van der Waals surface area contributed by atoms with Crippen molar-refractivity contribution in [3.8, 4) is 0 Å². The van der Waals surface area contributed by atoms with Gasteiger partial charge in [-0.15, -0.1) is 11.8 Å². The lowest BCUT2D eigenvalue weighted by atomic mass is 10.2. The molecule has 6 nitrogen and oxygen atoms in total. The van der Waals surface area contributed by atoms with E-state index in [2.05, 4.69) is 0 Å². The number of nitrogens with one attached hydrogen (secondary N) is 1. The average Bonchev–Trinajstić information content (AvgIpc) is 2.36. The van der Waals surface area contributed by atoms with E-state index in [1.165, 1.54) is 0 Å². The SMILES string of the molecule is O=C(O)C[C@H](NC(=O)CSc1ccc(F)cc1F)C(=O)O. The predicted molar refractivity (Wildman–Crippen MR) is 68.9 cm³/mol. The quantitative estimate of drug-likeness (QED) is 0.650. The zero-order valence-corrected chi connectivity index (χ0v) is 11.3. The van der Waals surface area contributed by atoms with Gasteiger partial charge in [0.05, 0.1) is 12.2 Å². The van der Waals surface area contributed by atoms with Gasteiger partial charge in [-0.05, 0) is 12.1 Å². The molecule has 9 heteroatoms. The number of benzene rings is 1. The first kappa shape index (κ1) is 16.9. The Bertz CT molecular complexity index is 567. The van der Waals surface area contributed by atoms with Crippen molar-refractivity contribution in [3.63, 3.8) is 0 Å². The maximum atomic E-state index is 13.3. The number of halogens is 2. The third kappa shape index (κ3) is 5.78. The molecule has 1 atom stereocenters. The molecule has 0 unspecified atom stereocenters. The molecular weight excluding hydrogens is 308 g/mol. The Morgan fingerprint density at radius 3 is 2.43 bits per heavy atom. The molecule has 0 fully saturated rings. The van der Waals surface area contributed by atoms with Gasteiger partial charge in [0.15, 0.2) is 0 Å². The summed E-state index contributed by atoms with van der Waals surface area (Å²) in [4.78, 5) is 32.7. The zero-order chi connectivity index (χ0) is 16.0. The van der Waals surface area contributed by atoms with Crippen LogP contribution in [0.1, 0.15) is 6.42 Å². The topological polar surface area (TPSA) is 104 Å². The summed E-state index contributed by atoms with van der Waals surface area (Å²) in [7, 11) is 0. The molecule has 0 aliphatic carbocycles. The van der Waals surface area contributed by atoms with Gasteiger partial charge in [-0.1, -0.05) is 0 Å². The summed E-state index contributed by atoms with van der Waals surface area (Å²) in [6.07, 6.45) is -0.767. The highest BCUT2D eigenvalue weighted by Gasteiger charge is 2.23. The molecule has 0 heterocycles. The monoisotopic (exact) mass is 319 g/mol. The zero-order valence-electron chi connectivity index (χ0n) is 10.5. The first-order chi connectivity index (χ1) is 9.79. The largest absolute Gasteiger partial charge is 0.481 e. The summed E-state index contributed by atoms with van der Waals surface area (Å²) in [5, 5.41) is 19.3. The lowest BCUT2D eigenvalue weighted by Crippen LogP contribution is -2.43. The van der Waals surface area contributed by atoms with E-state index in [-0.39, 0.29) is 10.6 Å². The number of amides is 1. The fraction of sp³-hybridized carbons (Fsp3) is 0.250. The van der Waals surface area contributed by atoms with Gasteiger partial charge >= 0.3 is 11.9 Å². The Kier molecular flexibility index (Phi) is 6.10. The van der Waals surface area contributed by atoms with Crippen molar-refractivity contribution < 1.29 is 33.4 Å². The molecule has 1 amide bonds. The Balaban J connectivity index is 2.56. The van der Waals surface area contributed by atoms with E-state index in [4.69, 9.17) is 10.2 Å². The van der Waals surface area contributed by atoms with Gasteiger partial charge in [-0.25, -0.2) is 13.6 Å². The lowest BCUT2D eigenvalue weighted by Gasteiger charge is -2.12. The summed E-state index contributed by atoms with van der Waals surface area (Å²) < 4.78 is 26.0. The highest BCUT2D eigenvalue weighted by Crippen LogP contribution is 2.22. The summed E-state index contributed by atoms with van der Waals surface area (Å²) in [5.41, 5.74) is 0. The van der Waals surface area contributed by atoms with Crippen LogP contribution in [-0.2, 0) is 14.4 Å². The molecule has 0 spiro atoms. The smallest absolute Gasteiger partial charge is 0.326 e. The number of carboxylic acid groups (broad SMARTS) is 2. The third-order valence-electron chi connectivity index (χ3n) is 2.26. The van der Waals surface area contributed by atoms with E-state index in [0.29, 0.717) is 6.07 Å². The minimum Gasteiger partial charge on any atom is -0.481 e. The second-order valence-corrected chi connectivity index (χ2v) is 4.94. The first-order valence-corrected chi connectivity index (χ1v) is 6.60. The normalized spacial score (nSPS) is 11.7. The van der Waals surface area contributed by atoms with E-state index in [1.54, 1.807) is 0 Å². The van der Waals surface area contributed by atoms with Gasteiger partial charge in [-0.3, -0.25) is 9.59 Å². The van der Waals surface area contributed by atoms with Crippen LogP contribution in [0.4, 0.5) is 8.78 Å². The van der Waals surface area contributed by atoms with Crippen molar-refractivity contribution in [2.45, 2.75) is 17.4 Å². The second-order valence-electron chi connectivity index (χ2n) is 3.92. The fourth-order valence-corrected chi connectivity index (χ4v) is 2.08. The maximum Gasteiger partial charge on any atom is 0.326 e. The molecule has 1 rings (SSSR count). The maximum absolute atomic E-state index is 13.3. The number of carboxylic acids is 2. The number of carbonyl (C=O) groups is 3. The average molecular weight is 319 g/mol. The van der Waals surface area contributed by atoms with Crippen LogP contribution in [0.15, 0.2) is 23.1 Å². The van der Waals surface area contributed by atoms with Crippen LogP contribution in [0.25, 0.3) is 0 Å². The van der Waals surface area contributed by atoms with Crippen LogP contribution in [0.3, 0.4) is 0 Å². The highest BCUT2D eigenvalue weighted by molar-refractivity contribution is 8.00. The molecule has 0 aromatic heterocycles. The molecule has 0 aliphatic heterocycles. The van der Waals surface area contributed by atoms with Gasteiger partial charge in [-0.2, -0.15) is 0 Å². The molecule has 0 bridgehead atoms. The molecule has 0 saturated heterocycles. The van der Waals surface area contributed by atoms with Gasteiger partial charge in [0.25, 0.3) is 0 Å². The number of hydrogen-bond donors (Lipinski definition) is 3. The Labute approximate surface area is 122 Å². The summed E-state index contributed by atoms with van der Waals surface area (Å²) >= 11 is 0.742. The minimum atomic E-state index is -1.56. The van der Waals surface area contributed by atoms with Crippen LogP contribution < -0.4 is 5.32 Å². The predicted octanol–water partition coefficient (Wildman–Crippen LogP) is 1.10. The summed E-state index contributed by atoms with van der Waals surface area (Å²) in [6, 6.07) is 1.27. The number of rotatable bonds is 7. The Morgan fingerprint density at radius 1 is 1.24 bits per heavy atom. The standard InChI is InChI=1S/C12H11F2NO5S/c13-6-1-2-9(7(14)3-6)21-5-10(16)15-8(12(19)20)4-11(17)18/h1-3,8H,4-5H2,(H,15,16)(H,17,18)(H,19,20)/t8-/m0/s1. The molecule has 3 N–H and O–H groups in total. The molecular formula is C12H11F2NO5S. The van der Waals surface area contributed by atoms with Crippen molar-refractivity contribution in [3.05, 3.63) is 29.8 Å². The van der Waals surface area contributed by atoms with Crippen molar-refractivity contribution in [2.24, 2.45) is 0 Å². The van der Waals surface area contributed by atoms with Crippen LogP contribution in [0.5, 0.6) is 0 Å². The molecule has 0 radical (unpaired) electrons. The van der Waals surface area contributed by atoms with Gasteiger partial charge in [0, 0.05) is 11.0 Å². The van der Waals surface area contributed by atoms with Crippen molar-refractivity contribution in [2.75, 3.05) is 5.75 Å². The highest BCUT2D eigenvalue weighted by atomic mass is 32.2. The van der Waals surface area contributed by atoms with E-state index in [9.17, 15) is 23.2 Å².